The van der Waals surface area contributed by atoms with Crippen LogP contribution in [0.1, 0.15) is 38.7 Å². The number of hydrogen-bond donors (Lipinski definition) is 2. The van der Waals surface area contributed by atoms with E-state index in [9.17, 15) is 14.4 Å². The van der Waals surface area contributed by atoms with Crippen LogP contribution in [-0.4, -0.2) is 35.8 Å². The Balaban J connectivity index is 2.31. The molecule has 4 amide bonds. The minimum absolute atomic E-state index is 0.251. The van der Waals surface area contributed by atoms with Crippen molar-refractivity contribution in [3.63, 3.8) is 0 Å². The third kappa shape index (κ3) is 3.36. The molecule has 1 aliphatic heterocycles. The highest BCUT2D eigenvalue weighted by Crippen LogP contribution is 2.33. The largest absolute Gasteiger partial charge is 0.355 e. The second-order valence-corrected chi connectivity index (χ2v) is 5.65. The van der Waals surface area contributed by atoms with Crippen LogP contribution in [0.25, 0.3) is 0 Å². The van der Waals surface area contributed by atoms with Gasteiger partial charge in [0.2, 0.25) is 5.91 Å². The number of likely N-dealkylation sites (N-methyl/N-ethyl adjacent to an activating group) is 1. The molecule has 1 aliphatic rings. The maximum absolute atomic E-state index is 12.9. The zero-order chi connectivity index (χ0) is 16.9. The molecule has 1 atom stereocenters. The third-order valence-corrected chi connectivity index (χ3v) is 4.02. The van der Waals surface area contributed by atoms with E-state index in [1.165, 1.54) is 0 Å². The summed E-state index contributed by atoms with van der Waals surface area (Å²) in [4.78, 5) is 38.0. The number of unbranched alkanes of at least 4 members (excludes halogenated alkanes) is 1. The van der Waals surface area contributed by atoms with Gasteiger partial charge in [0.05, 0.1) is 0 Å². The van der Waals surface area contributed by atoms with Gasteiger partial charge in [-0.2, -0.15) is 0 Å². The van der Waals surface area contributed by atoms with Gasteiger partial charge < -0.3 is 10.6 Å². The SMILES string of the molecule is CCCCC1(c2ccccc2)NC(=O)N(CC(=O)NCC)C1=O. The number of benzene rings is 1. The second kappa shape index (κ2) is 7.26. The van der Waals surface area contributed by atoms with Crippen molar-refractivity contribution in [3.05, 3.63) is 35.9 Å². The molecule has 6 nitrogen and oxygen atoms in total. The molecule has 23 heavy (non-hydrogen) atoms. The van der Waals surface area contributed by atoms with Gasteiger partial charge in [-0.15, -0.1) is 0 Å². The first kappa shape index (κ1) is 17.0. The van der Waals surface area contributed by atoms with Crippen LogP contribution < -0.4 is 10.6 Å². The first-order valence-electron chi connectivity index (χ1n) is 8.01. The summed E-state index contributed by atoms with van der Waals surface area (Å²) in [5.41, 5.74) is -0.314. The Bertz CT molecular complexity index is 588. The molecule has 1 aromatic carbocycles. The van der Waals surface area contributed by atoms with Crippen molar-refractivity contribution in [1.82, 2.24) is 15.5 Å². The highest BCUT2D eigenvalue weighted by atomic mass is 16.2. The summed E-state index contributed by atoms with van der Waals surface area (Å²) in [6, 6.07) is 8.71. The first-order valence-corrected chi connectivity index (χ1v) is 8.01. The van der Waals surface area contributed by atoms with E-state index >= 15 is 0 Å². The van der Waals surface area contributed by atoms with Crippen LogP contribution in [0.3, 0.4) is 0 Å². The van der Waals surface area contributed by atoms with E-state index in [4.69, 9.17) is 0 Å². The highest BCUT2D eigenvalue weighted by molar-refractivity contribution is 6.09. The molecular formula is C17H23N3O3. The molecule has 1 unspecified atom stereocenters. The van der Waals surface area contributed by atoms with Gasteiger partial charge in [-0.1, -0.05) is 50.1 Å². The number of carbonyl (C=O) groups is 3. The molecule has 0 aliphatic carbocycles. The van der Waals surface area contributed by atoms with Crippen LogP contribution >= 0.6 is 0 Å². The Hall–Kier alpha value is -2.37. The smallest absolute Gasteiger partial charge is 0.325 e. The molecule has 0 aromatic heterocycles. The van der Waals surface area contributed by atoms with Gasteiger partial charge in [0.15, 0.2) is 0 Å². The minimum atomic E-state index is -1.07. The van der Waals surface area contributed by atoms with Crippen LogP contribution in [0.2, 0.25) is 0 Å². The van der Waals surface area contributed by atoms with E-state index in [1.807, 2.05) is 37.3 Å². The fourth-order valence-corrected chi connectivity index (χ4v) is 2.84. The molecule has 1 saturated heterocycles. The number of imide groups is 1. The van der Waals surface area contributed by atoms with Crippen molar-refractivity contribution in [3.8, 4) is 0 Å². The summed E-state index contributed by atoms with van der Waals surface area (Å²) in [6.07, 6.45) is 2.23. The summed E-state index contributed by atoms with van der Waals surface area (Å²) < 4.78 is 0. The zero-order valence-electron chi connectivity index (χ0n) is 13.6. The lowest BCUT2D eigenvalue weighted by Gasteiger charge is -2.27. The van der Waals surface area contributed by atoms with Gasteiger partial charge in [0.1, 0.15) is 12.1 Å². The topological polar surface area (TPSA) is 78.5 Å². The van der Waals surface area contributed by atoms with E-state index in [-0.39, 0.29) is 18.4 Å². The summed E-state index contributed by atoms with van der Waals surface area (Å²) >= 11 is 0. The van der Waals surface area contributed by atoms with Gasteiger partial charge in [0.25, 0.3) is 5.91 Å². The van der Waals surface area contributed by atoms with E-state index in [0.29, 0.717) is 13.0 Å². The predicted octanol–water partition coefficient (Wildman–Crippen LogP) is 1.76. The number of nitrogens with zero attached hydrogens (tertiary/aromatic N) is 1. The molecule has 1 aromatic rings. The Morgan fingerprint density at radius 1 is 1.22 bits per heavy atom. The van der Waals surface area contributed by atoms with E-state index < -0.39 is 11.6 Å². The highest BCUT2D eigenvalue weighted by Gasteiger charge is 2.52. The lowest BCUT2D eigenvalue weighted by Crippen LogP contribution is -2.45. The van der Waals surface area contributed by atoms with E-state index in [2.05, 4.69) is 10.6 Å². The molecule has 1 heterocycles. The lowest BCUT2D eigenvalue weighted by atomic mass is 9.85. The van der Waals surface area contributed by atoms with Crippen LogP contribution in [0, 0.1) is 0 Å². The molecular weight excluding hydrogens is 294 g/mol. The first-order chi connectivity index (χ1) is 11.0. The van der Waals surface area contributed by atoms with Crippen molar-refractivity contribution in [1.29, 1.82) is 0 Å². The van der Waals surface area contributed by atoms with Gasteiger partial charge in [0, 0.05) is 6.54 Å². The molecule has 0 radical (unpaired) electrons. The maximum Gasteiger partial charge on any atom is 0.325 e. The summed E-state index contributed by atoms with van der Waals surface area (Å²) in [7, 11) is 0. The molecule has 0 spiro atoms. The third-order valence-electron chi connectivity index (χ3n) is 4.02. The van der Waals surface area contributed by atoms with Crippen molar-refractivity contribution in [2.45, 2.75) is 38.6 Å². The summed E-state index contributed by atoms with van der Waals surface area (Å²) in [5, 5.41) is 5.43. The molecule has 2 rings (SSSR count). The fraction of sp³-hybridized carbons (Fsp3) is 0.471. The van der Waals surface area contributed by atoms with E-state index in [0.717, 1.165) is 23.3 Å². The number of amides is 4. The molecule has 6 heteroatoms. The number of carbonyl (C=O) groups excluding carboxylic acids is 3. The number of urea groups is 1. The lowest BCUT2D eigenvalue weighted by molar-refractivity contribution is -0.135. The minimum Gasteiger partial charge on any atom is -0.355 e. The van der Waals surface area contributed by atoms with Crippen molar-refractivity contribution in [2.24, 2.45) is 0 Å². The zero-order valence-corrected chi connectivity index (χ0v) is 13.6. The Morgan fingerprint density at radius 2 is 1.91 bits per heavy atom. The molecule has 2 N–H and O–H groups in total. The molecule has 1 fully saturated rings. The molecule has 124 valence electrons. The summed E-state index contributed by atoms with van der Waals surface area (Å²) in [5.74, 6) is -0.691. The average molecular weight is 317 g/mol. The molecule has 0 bridgehead atoms. The van der Waals surface area contributed by atoms with Crippen molar-refractivity contribution in [2.75, 3.05) is 13.1 Å². The fourth-order valence-electron chi connectivity index (χ4n) is 2.84. The predicted molar refractivity (Wildman–Crippen MR) is 86.6 cm³/mol. The standard InChI is InChI=1S/C17H23N3O3/c1-3-5-11-17(13-9-7-6-8-10-13)15(22)20(16(23)19-17)12-14(21)18-4-2/h6-10H,3-5,11-12H2,1-2H3,(H,18,21)(H,19,23). The monoisotopic (exact) mass is 317 g/mol. The van der Waals surface area contributed by atoms with Gasteiger partial charge >= 0.3 is 6.03 Å². The maximum atomic E-state index is 12.9. The normalized spacial score (nSPS) is 20.5. The van der Waals surface area contributed by atoms with Crippen LogP contribution in [0.4, 0.5) is 4.79 Å². The van der Waals surface area contributed by atoms with Gasteiger partial charge in [-0.05, 0) is 18.9 Å². The summed E-state index contributed by atoms with van der Waals surface area (Å²) in [6.45, 7) is 4.03. The average Bonchev–Trinajstić information content (AvgIpc) is 2.79. The molecule has 0 saturated carbocycles. The Kier molecular flexibility index (Phi) is 5.36. The Labute approximate surface area is 136 Å². The van der Waals surface area contributed by atoms with Crippen LogP contribution in [0.15, 0.2) is 30.3 Å². The van der Waals surface area contributed by atoms with Crippen LogP contribution in [0.5, 0.6) is 0 Å². The second-order valence-electron chi connectivity index (χ2n) is 5.65. The van der Waals surface area contributed by atoms with Crippen LogP contribution in [-0.2, 0) is 15.1 Å². The van der Waals surface area contributed by atoms with Crippen molar-refractivity contribution < 1.29 is 14.4 Å². The van der Waals surface area contributed by atoms with E-state index in [1.54, 1.807) is 6.92 Å². The number of rotatable bonds is 7. The number of nitrogens with one attached hydrogen (secondary N) is 2. The van der Waals surface area contributed by atoms with Gasteiger partial charge in [-0.3, -0.25) is 14.5 Å². The Morgan fingerprint density at radius 3 is 2.52 bits per heavy atom. The van der Waals surface area contributed by atoms with Gasteiger partial charge in [-0.25, -0.2) is 4.79 Å². The quantitative estimate of drug-likeness (QED) is 0.752. The number of hydrogen-bond acceptors (Lipinski definition) is 3. The van der Waals surface area contributed by atoms with Crippen molar-refractivity contribution >= 4 is 17.8 Å².